The van der Waals surface area contributed by atoms with Crippen molar-refractivity contribution in [1.82, 2.24) is 0 Å². The van der Waals surface area contributed by atoms with Crippen molar-refractivity contribution in [1.29, 1.82) is 0 Å². The van der Waals surface area contributed by atoms with E-state index >= 15 is 0 Å². The molecule has 1 amide bonds. The van der Waals surface area contributed by atoms with E-state index in [1.54, 1.807) is 19.1 Å². The fourth-order valence-electron chi connectivity index (χ4n) is 1.85. The Balaban J connectivity index is 1.96. The molecule has 2 rings (SSSR count). The number of benzene rings is 2. The van der Waals surface area contributed by atoms with E-state index in [1.807, 2.05) is 0 Å². The fraction of sp³-hybridized carbons (Fsp3) is 0.176. The molecule has 2 aromatic carbocycles. The minimum Gasteiger partial charge on any atom is -0.325 e. The highest BCUT2D eigenvalue weighted by Crippen LogP contribution is 2.23. The largest absolute Gasteiger partial charge is 0.325 e. The Hall–Kier alpha value is -2.21. The standard InChI is InChI=1S/C17H15F2NO2S/c1-10-3-5-13(8-14(10)18)20-17(22)9-23-16-6-4-12(11(2)21)7-15(16)19/h3-8H,9H2,1-2H3,(H,20,22). The average molecular weight is 335 g/mol. The zero-order valence-electron chi connectivity index (χ0n) is 12.7. The summed E-state index contributed by atoms with van der Waals surface area (Å²) in [5.41, 5.74) is 1.13. The second-order valence-electron chi connectivity index (χ2n) is 5.00. The summed E-state index contributed by atoms with van der Waals surface area (Å²) in [6.07, 6.45) is 0. The molecule has 6 heteroatoms. The van der Waals surface area contributed by atoms with Crippen molar-refractivity contribution in [2.45, 2.75) is 18.7 Å². The van der Waals surface area contributed by atoms with Gasteiger partial charge in [-0.15, -0.1) is 11.8 Å². The molecule has 2 aromatic rings. The van der Waals surface area contributed by atoms with Crippen molar-refractivity contribution in [2.24, 2.45) is 0 Å². The van der Waals surface area contributed by atoms with Crippen LogP contribution in [-0.2, 0) is 4.79 Å². The molecule has 0 unspecified atom stereocenters. The lowest BCUT2D eigenvalue weighted by Crippen LogP contribution is -2.14. The first-order valence-corrected chi connectivity index (χ1v) is 7.84. The smallest absolute Gasteiger partial charge is 0.234 e. The summed E-state index contributed by atoms with van der Waals surface area (Å²) in [6, 6.07) is 8.54. The fourth-order valence-corrected chi connectivity index (χ4v) is 2.57. The lowest BCUT2D eigenvalue weighted by Gasteiger charge is -2.07. The number of thioether (sulfide) groups is 1. The van der Waals surface area contributed by atoms with Crippen molar-refractivity contribution in [3.63, 3.8) is 0 Å². The number of carbonyl (C=O) groups is 2. The zero-order valence-corrected chi connectivity index (χ0v) is 13.5. The molecule has 0 saturated carbocycles. The molecule has 0 fully saturated rings. The summed E-state index contributed by atoms with van der Waals surface area (Å²) in [6.45, 7) is 2.99. The summed E-state index contributed by atoms with van der Waals surface area (Å²) in [7, 11) is 0. The van der Waals surface area contributed by atoms with Crippen LogP contribution in [0.4, 0.5) is 14.5 Å². The number of hydrogen-bond donors (Lipinski definition) is 1. The van der Waals surface area contributed by atoms with Gasteiger partial charge in [-0.25, -0.2) is 8.78 Å². The van der Waals surface area contributed by atoms with Gasteiger partial charge in [-0.1, -0.05) is 12.1 Å². The molecule has 0 aliphatic carbocycles. The van der Waals surface area contributed by atoms with E-state index in [2.05, 4.69) is 5.32 Å². The Morgan fingerprint density at radius 1 is 1.09 bits per heavy atom. The van der Waals surface area contributed by atoms with Crippen LogP contribution < -0.4 is 5.32 Å². The molecule has 0 aliphatic heterocycles. The SMILES string of the molecule is CC(=O)c1ccc(SCC(=O)Nc2ccc(C)c(F)c2)c(F)c1. The number of rotatable bonds is 5. The maximum absolute atomic E-state index is 13.8. The maximum atomic E-state index is 13.8. The van der Waals surface area contributed by atoms with Crippen LogP contribution in [-0.4, -0.2) is 17.4 Å². The lowest BCUT2D eigenvalue weighted by atomic mass is 10.1. The molecular formula is C17H15F2NO2S. The quantitative estimate of drug-likeness (QED) is 0.658. The molecule has 0 aromatic heterocycles. The van der Waals surface area contributed by atoms with Crippen LogP contribution in [0.15, 0.2) is 41.3 Å². The number of aryl methyl sites for hydroxylation is 1. The maximum Gasteiger partial charge on any atom is 0.234 e. The predicted molar refractivity (Wildman–Crippen MR) is 86.9 cm³/mol. The van der Waals surface area contributed by atoms with Crippen LogP contribution in [0.2, 0.25) is 0 Å². The van der Waals surface area contributed by atoms with E-state index in [-0.39, 0.29) is 27.9 Å². The second kappa shape index (κ2) is 7.37. The molecule has 0 bridgehead atoms. The number of ketones is 1. The van der Waals surface area contributed by atoms with Gasteiger partial charge in [-0.3, -0.25) is 9.59 Å². The highest BCUT2D eigenvalue weighted by atomic mass is 32.2. The highest BCUT2D eigenvalue weighted by Gasteiger charge is 2.10. The molecular weight excluding hydrogens is 320 g/mol. The Morgan fingerprint density at radius 2 is 1.83 bits per heavy atom. The number of hydrogen-bond acceptors (Lipinski definition) is 3. The normalized spacial score (nSPS) is 10.4. The Labute approximate surface area is 137 Å². The summed E-state index contributed by atoms with van der Waals surface area (Å²) in [4.78, 5) is 23.3. The van der Waals surface area contributed by atoms with E-state index in [1.165, 1.54) is 25.1 Å². The number of carbonyl (C=O) groups excluding carboxylic acids is 2. The molecule has 0 aliphatic rings. The van der Waals surface area contributed by atoms with E-state index < -0.39 is 11.6 Å². The molecule has 0 heterocycles. The van der Waals surface area contributed by atoms with Gasteiger partial charge in [0.05, 0.1) is 5.75 Å². The van der Waals surface area contributed by atoms with E-state index in [9.17, 15) is 18.4 Å². The second-order valence-corrected chi connectivity index (χ2v) is 6.02. The van der Waals surface area contributed by atoms with Gasteiger partial charge < -0.3 is 5.32 Å². The van der Waals surface area contributed by atoms with Gasteiger partial charge in [0.25, 0.3) is 0 Å². The van der Waals surface area contributed by atoms with Gasteiger partial charge in [0.15, 0.2) is 5.78 Å². The van der Waals surface area contributed by atoms with Crippen LogP contribution in [0, 0.1) is 18.6 Å². The van der Waals surface area contributed by atoms with E-state index in [0.29, 0.717) is 11.3 Å². The highest BCUT2D eigenvalue weighted by molar-refractivity contribution is 8.00. The molecule has 0 atom stereocenters. The van der Waals surface area contributed by atoms with Gasteiger partial charge >= 0.3 is 0 Å². The van der Waals surface area contributed by atoms with Crippen LogP contribution in [0.1, 0.15) is 22.8 Å². The average Bonchev–Trinajstić information content (AvgIpc) is 2.49. The number of amides is 1. The van der Waals surface area contributed by atoms with Gasteiger partial charge in [0.2, 0.25) is 5.91 Å². The number of Topliss-reactive ketones (excluding diaryl/α,β-unsaturated/α-hetero) is 1. The first-order chi connectivity index (χ1) is 10.9. The molecule has 120 valence electrons. The molecule has 23 heavy (non-hydrogen) atoms. The van der Waals surface area contributed by atoms with Gasteiger partial charge in [0.1, 0.15) is 11.6 Å². The summed E-state index contributed by atoms with van der Waals surface area (Å²) in [5.74, 6) is -1.56. The first-order valence-electron chi connectivity index (χ1n) is 6.86. The van der Waals surface area contributed by atoms with Crippen LogP contribution in [0.3, 0.4) is 0 Å². The van der Waals surface area contributed by atoms with Gasteiger partial charge in [0, 0.05) is 16.1 Å². The van der Waals surface area contributed by atoms with Crippen molar-refractivity contribution in [3.05, 3.63) is 59.2 Å². The Kier molecular flexibility index (Phi) is 5.50. The minimum atomic E-state index is -0.545. The lowest BCUT2D eigenvalue weighted by molar-refractivity contribution is -0.113. The molecule has 3 nitrogen and oxygen atoms in total. The summed E-state index contributed by atoms with van der Waals surface area (Å²) in [5, 5.41) is 2.55. The van der Waals surface area contributed by atoms with E-state index in [4.69, 9.17) is 0 Å². The first kappa shape index (κ1) is 17.1. The minimum absolute atomic E-state index is 0.0220. The van der Waals surface area contributed by atoms with Crippen molar-refractivity contribution in [3.8, 4) is 0 Å². The zero-order chi connectivity index (χ0) is 17.0. The van der Waals surface area contributed by atoms with Crippen molar-refractivity contribution in [2.75, 3.05) is 11.1 Å². The van der Waals surface area contributed by atoms with Crippen LogP contribution >= 0.6 is 11.8 Å². The number of nitrogens with one attached hydrogen (secondary N) is 1. The predicted octanol–water partition coefficient (Wildman–Crippen LogP) is 4.21. The monoisotopic (exact) mass is 335 g/mol. The third-order valence-electron chi connectivity index (χ3n) is 3.15. The van der Waals surface area contributed by atoms with Crippen LogP contribution in [0.25, 0.3) is 0 Å². The molecule has 1 N–H and O–H groups in total. The number of halogens is 2. The molecule has 0 radical (unpaired) electrons. The third-order valence-corrected chi connectivity index (χ3v) is 4.20. The Morgan fingerprint density at radius 3 is 2.43 bits per heavy atom. The van der Waals surface area contributed by atoms with Crippen molar-refractivity contribution >= 4 is 29.1 Å². The topological polar surface area (TPSA) is 46.2 Å². The van der Waals surface area contributed by atoms with Gasteiger partial charge in [-0.05, 0) is 43.7 Å². The van der Waals surface area contributed by atoms with E-state index in [0.717, 1.165) is 17.8 Å². The van der Waals surface area contributed by atoms with Crippen LogP contribution in [0.5, 0.6) is 0 Å². The summed E-state index contributed by atoms with van der Waals surface area (Å²) < 4.78 is 27.2. The third kappa shape index (κ3) is 4.63. The van der Waals surface area contributed by atoms with Crippen molar-refractivity contribution < 1.29 is 18.4 Å². The molecule has 0 saturated heterocycles. The number of anilines is 1. The van der Waals surface area contributed by atoms with Gasteiger partial charge in [-0.2, -0.15) is 0 Å². The molecule has 0 spiro atoms. The summed E-state index contributed by atoms with van der Waals surface area (Å²) >= 11 is 1.01. The Bertz CT molecular complexity index is 762.